The first kappa shape index (κ1) is 9.81. The average Bonchev–Trinajstić information content (AvgIpc) is 1.96. The number of carboxylic acids is 1. The van der Waals surface area contributed by atoms with E-state index < -0.39 is 5.97 Å². The van der Waals surface area contributed by atoms with Gasteiger partial charge in [0.15, 0.2) is 0 Å². The fourth-order valence-corrected chi connectivity index (χ4v) is 1.94. The van der Waals surface area contributed by atoms with Crippen molar-refractivity contribution in [3.05, 3.63) is 27.7 Å². The Balaban J connectivity index is 3.37. The third-order valence-corrected chi connectivity index (χ3v) is 3.20. The predicted octanol–water partition coefficient (Wildman–Crippen LogP) is 1.25. The van der Waals surface area contributed by atoms with Crippen LogP contribution in [0.5, 0.6) is 0 Å². The molecule has 0 unspecified atom stereocenters. The van der Waals surface area contributed by atoms with Crippen LogP contribution in [0.4, 0.5) is 0 Å². The van der Waals surface area contributed by atoms with Crippen LogP contribution >= 0.6 is 15.9 Å². The van der Waals surface area contributed by atoms with Crippen LogP contribution in [0.2, 0.25) is 0 Å². The standard InChI is InChI=1S/C8H6AsBrO2/c1-4-2-5(10)3-6(7(4)9)8(11)12/h2-3H,1H3,(H,11,12). The molecule has 0 fully saturated rings. The van der Waals surface area contributed by atoms with Crippen molar-refractivity contribution in [2.75, 3.05) is 0 Å². The molecule has 0 saturated heterocycles. The van der Waals surface area contributed by atoms with Gasteiger partial charge in [0.25, 0.3) is 0 Å². The van der Waals surface area contributed by atoms with E-state index in [0.29, 0.717) is 5.56 Å². The Hall–Kier alpha value is -0.272. The third-order valence-electron chi connectivity index (χ3n) is 1.50. The van der Waals surface area contributed by atoms with Crippen molar-refractivity contribution in [1.29, 1.82) is 0 Å². The van der Waals surface area contributed by atoms with Gasteiger partial charge in [-0.2, -0.15) is 0 Å². The number of benzene rings is 1. The quantitative estimate of drug-likeness (QED) is 0.790. The van der Waals surface area contributed by atoms with Crippen LogP contribution in [0.15, 0.2) is 16.6 Å². The van der Waals surface area contributed by atoms with Crippen molar-refractivity contribution in [1.82, 2.24) is 0 Å². The summed E-state index contributed by atoms with van der Waals surface area (Å²) in [6.45, 7) is 1.88. The van der Waals surface area contributed by atoms with Crippen molar-refractivity contribution in [3.63, 3.8) is 0 Å². The minimum atomic E-state index is -0.893. The van der Waals surface area contributed by atoms with Gasteiger partial charge in [0.05, 0.1) is 0 Å². The van der Waals surface area contributed by atoms with Crippen LogP contribution in [-0.2, 0) is 0 Å². The maximum atomic E-state index is 10.7. The molecule has 0 amide bonds. The fraction of sp³-hybridized carbons (Fsp3) is 0.125. The molecule has 2 radical (unpaired) electrons. The Morgan fingerprint density at radius 1 is 1.58 bits per heavy atom. The Morgan fingerprint density at radius 3 is 2.67 bits per heavy atom. The van der Waals surface area contributed by atoms with Crippen molar-refractivity contribution in [3.8, 4) is 0 Å². The molecule has 2 nitrogen and oxygen atoms in total. The van der Waals surface area contributed by atoms with Gasteiger partial charge in [-0.15, -0.1) is 0 Å². The summed E-state index contributed by atoms with van der Waals surface area (Å²) in [5.74, 6) is -0.893. The van der Waals surface area contributed by atoms with Gasteiger partial charge in [-0.1, -0.05) is 0 Å². The summed E-state index contributed by atoms with van der Waals surface area (Å²) in [7, 11) is 0. The molecule has 0 aliphatic heterocycles. The summed E-state index contributed by atoms with van der Waals surface area (Å²) in [5, 5.41) is 8.78. The molecule has 1 aromatic carbocycles. The van der Waals surface area contributed by atoms with Gasteiger partial charge in [0.2, 0.25) is 0 Å². The number of rotatable bonds is 1. The molecule has 1 N–H and O–H groups in total. The van der Waals surface area contributed by atoms with Gasteiger partial charge in [-0.05, 0) is 0 Å². The first-order chi connectivity index (χ1) is 5.52. The summed E-state index contributed by atoms with van der Waals surface area (Å²) in [6, 6.07) is 3.49. The predicted molar refractivity (Wildman–Crippen MR) is 51.2 cm³/mol. The van der Waals surface area contributed by atoms with Crippen LogP contribution in [-0.4, -0.2) is 27.9 Å². The van der Waals surface area contributed by atoms with E-state index in [1.807, 2.05) is 13.0 Å². The maximum absolute atomic E-state index is 10.7. The SMILES string of the molecule is Cc1cc(Br)cc(C(=O)O)c1[As]. The Kier molecular flexibility index (Phi) is 2.97. The number of carboxylic acid groups (broad SMARTS) is 1. The number of hydrogen-bond acceptors (Lipinski definition) is 1. The molecule has 1 rings (SSSR count). The molecular formula is C8H6AsBrO2. The second kappa shape index (κ2) is 3.63. The number of halogens is 1. The molecule has 0 spiro atoms. The van der Waals surface area contributed by atoms with Gasteiger partial charge in [-0.3, -0.25) is 0 Å². The van der Waals surface area contributed by atoms with Crippen LogP contribution in [0.25, 0.3) is 0 Å². The van der Waals surface area contributed by atoms with E-state index in [-0.39, 0.29) is 0 Å². The van der Waals surface area contributed by atoms with Crippen LogP contribution < -0.4 is 4.35 Å². The van der Waals surface area contributed by atoms with Crippen molar-refractivity contribution >= 4 is 43.1 Å². The zero-order chi connectivity index (χ0) is 9.30. The second-order valence-electron chi connectivity index (χ2n) is 2.42. The first-order valence-electron chi connectivity index (χ1n) is 3.25. The van der Waals surface area contributed by atoms with E-state index >= 15 is 0 Å². The second-order valence-corrected chi connectivity index (χ2v) is 4.28. The first-order valence-corrected chi connectivity index (χ1v) is 4.98. The van der Waals surface area contributed by atoms with E-state index in [2.05, 4.69) is 32.8 Å². The van der Waals surface area contributed by atoms with Gasteiger partial charge in [0.1, 0.15) is 0 Å². The van der Waals surface area contributed by atoms with Crippen molar-refractivity contribution < 1.29 is 9.90 Å². The summed E-state index contributed by atoms with van der Waals surface area (Å²) in [4.78, 5) is 10.7. The van der Waals surface area contributed by atoms with Crippen molar-refractivity contribution in [2.24, 2.45) is 0 Å². The van der Waals surface area contributed by atoms with Crippen molar-refractivity contribution in [2.45, 2.75) is 6.92 Å². The molecule has 62 valence electrons. The summed E-state index contributed by atoms with van der Waals surface area (Å²) in [5.41, 5.74) is 1.30. The number of aromatic carboxylic acids is 1. The molecule has 0 atom stereocenters. The topological polar surface area (TPSA) is 37.3 Å². The molecule has 0 aliphatic rings. The van der Waals surface area contributed by atoms with Gasteiger partial charge < -0.3 is 0 Å². The Morgan fingerprint density at radius 2 is 2.17 bits per heavy atom. The van der Waals surface area contributed by atoms with Gasteiger partial charge in [0, 0.05) is 0 Å². The van der Waals surface area contributed by atoms with Gasteiger partial charge in [-0.25, -0.2) is 0 Å². The van der Waals surface area contributed by atoms with E-state index in [0.717, 1.165) is 14.4 Å². The summed E-state index contributed by atoms with van der Waals surface area (Å²) in [6.07, 6.45) is 0. The Labute approximate surface area is 87.6 Å². The number of carbonyl (C=O) groups is 1. The molecule has 4 heteroatoms. The van der Waals surface area contributed by atoms with E-state index in [4.69, 9.17) is 5.11 Å². The molecule has 0 saturated carbocycles. The normalized spacial score (nSPS) is 9.92. The molecule has 1 aromatic rings. The van der Waals surface area contributed by atoms with Crippen LogP contribution in [0.3, 0.4) is 0 Å². The summed E-state index contributed by atoms with van der Waals surface area (Å²) >= 11 is 5.52. The number of hydrogen-bond donors (Lipinski definition) is 1. The Bertz CT molecular complexity index is 336. The minimum absolute atomic E-state index is 0.335. The molecule has 0 aromatic heterocycles. The zero-order valence-corrected chi connectivity index (χ0v) is 9.80. The van der Waals surface area contributed by atoms with Gasteiger partial charge >= 0.3 is 87.7 Å². The monoisotopic (exact) mass is 288 g/mol. The molecule has 0 aliphatic carbocycles. The summed E-state index contributed by atoms with van der Waals surface area (Å²) < 4.78 is 1.56. The molecular weight excluding hydrogens is 283 g/mol. The van der Waals surface area contributed by atoms with Crippen LogP contribution in [0.1, 0.15) is 15.9 Å². The fourth-order valence-electron chi connectivity index (χ4n) is 0.899. The van der Waals surface area contributed by atoms with Crippen LogP contribution in [0, 0.1) is 6.92 Å². The molecule has 0 heterocycles. The third kappa shape index (κ3) is 1.90. The average molecular weight is 289 g/mol. The van der Waals surface area contributed by atoms with E-state index in [1.54, 1.807) is 6.07 Å². The molecule has 0 bridgehead atoms. The zero-order valence-electron chi connectivity index (χ0n) is 6.34. The van der Waals surface area contributed by atoms with E-state index in [9.17, 15) is 4.79 Å². The number of aryl methyl sites for hydroxylation is 1. The van der Waals surface area contributed by atoms with E-state index in [1.165, 1.54) is 0 Å². The molecule has 12 heavy (non-hydrogen) atoms.